The van der Waals surface area contributed by atoms with Crippen LogP contribution in [0.2, 0.25) is 0 Å². The minimum absolute atomic E-state index is 0.512. The maximum atomic E-state index is 4.68. The SMILES string of the molecule is C=C/C=C\c1nc(-c2n[nH]c3cnc(C4CCNCC4)cc23)[nH]c1C. The number of aryl methyl sites for hydroxylation is 1. The lowest BCUT2D eigenvalue weighted by Gasteiger charge is -2.21. The minimum atomic E-state index is 0.512. The van der Waals surface area contributed by atoms with E-state index in [4.69, 9.17) is 0 Å². The summed E-state index contributed by atoms with van der Waals surface area (Å²) in [7, 11) is 0. The largest absolute Gasteiger partial charge is 0.340 e. The molecule has 4 heterocycles. The van der Waals surface area contributed by atoms with Gasteiger partial charge in [-0.3, -0.25) is 10.1 Å². The van der Waals surface area contributed by atoms with E-state index in [1.165, 1.54) is 0 Å². The van der Waals surface area contributed by atoms with Gasteiger partial charge in [-0.25, -0.2) is 4.98 Å². The Labute approximate surface area is 146 Å². The molecule has 0 spiro atoms. The number of H-pyrrole nitrogens is 2. The van der Waals surface area contributed by atoms with Gasteiger partial charge in [0.15, 0.2) is 5.82 Å². The zero-order chi connectivity index (χ0) is 17.2. The van der Waals surface area contributed by atoms with Crippen LogP contribution >= 0.6 is 0 Å². The zero-order valence-electron chi connectivity index (χ0n) is 14.3. The molecule has 6 heteroatoms. The highest BCUT2D eigenvalue weighted by atomic mass is 15.1. The van der Waals surface area contributed by atoms with E-state index in [-0.39, 0.29) is 0 Å². The third-order valence-corrected chi connectivity index (χ3v) is 4.76. The van der Waals surface area contributed by atoms with Gasteiger partial charge >= 0.3 is 0 Å². The standard InChI is InChI=1S/C19H22N6/c1-3-4-5-15-12(2)22-19(23-15)18-14-10-16(13-6-8-20-9-7-13)21-11-17(14)24-25-18/h3-5,10-11,13,20H,1,6-9H2,2H3,(H,22,23)(H,24,25)/b5-4-. The smallest absolute Gasteiger partial charge is 0.159 e. The fraction of sp³-hybridized carbons (Fsp3) is 0.316. The number of hydrogen-bond acceptors (Lipinski definition) is 4. The number of nitrogens with zero attached hydrogens (tertiary/aromatic N) is 3. The first kappa shape index (κ1) is 15.8. The van der Waals surface area contributed by atoms with Crippen LogP contribution in [-0.2, 0) is 0 Å². The van der Waals surface area contributed by atoms with Crippen molar-refractivity contribution >= 4 is 17.0 Å². The van der Waals surface area contributed by atoms with Crippen molar-refractivity contribution in [2.45, 2.75) is 25.7 Å². The summed E-state index contributed by atoms with van der Waals surface area (Å²) < 4.78 is 0. The Balaban J connectivity index is 1.74. The Morgan fingerprint density at radius 3 is 2.92 bits per heavy atom. The van der Waals surface area contributed by atoms with Crippen LogP contribution in [0.25, 0.3) is 28.5 Å². The Morgan fingerprint density at radius 1 is 1.28 bits per heavy atom. The van der Waals surface area contributed by atoms with E-state index >= 15 is 0 Å². The van der Waals surface area contributed by atoms with Crippen LogP contribution < -0.4 is 5.32 Å². The molecule has 128 valence electrons. The van der Waals surface area contributed by atoms with Crippen LogP contribution in [0.15, 0.2) is 31.0 Å². The normalized spacial score (nSPS) is 16.0. The molecule has 0 aliphatic carbocycles. The van der Waals surface area contributed by atoms with Gasteiger partial charge in [-0.1, -0.05) is 18.7 Å². The van der Waals surface area contributed by atoms with Crippen molar-refractivity contribution in [3.05, 3.63) is 48.1 Å². The molecule has 0 bridgehead atoms. The molecule has 0 amide bonds. The van der Waals surface area contributed by atoms with E-state index in [0.717, 1.165) is 65.4 Å². The molecule has 0 aromatic carbocycles. The quantitative estimate of drug-likeness (QED) is 0.639. The first-order chi connectivity index (χ1) is 12.3. The minimum Gasteiger partial charge on any atom is -0.340 e. The number of piperidine rings is 1. The molecule has 1 aliphatic rings. The molecule has 3 aromatic rings. The number of allylic oxidation sites excluding steroid dienone is 2. The van der Waals surface area contributed by atoms with Crippen LogP contribution in [0.3, 0.4) is 0 Å². The number of rotatable bonds is 4. The van der Waals surface area contributed by atoms with Gasteiger partial charge in [0.2, 0.25) is 0 Å². The molecule has 3 aromatic heterocycles. The molecule has 1 fully saturated rings. The van der Waals surface area contributed by atoms with Gasteiger partial charge in [-0.15, -0.1) is 0 Å². The molecule has 6 nitrogen and oxygen atoms in total. The fourth-order valence-electron chi connectivity index (χ4n) is 3.36. The summed E-state index contributed by atoms with van der Waals surface area (Å²) in [6, 6.07) is 2.17. The van der Waals surface area contributed by atoms with Crippen molar-refractivity contribution in [3.8, 4) is 11.5 Å². The van der Waals surface area contributed by atoms with Crippen molar-refractivity contribution in [1.82, 2.24) is 30.5 Å². The molecule has 4 rings (SSSR count). The van der Waals surface area contributed by atoms with Crippen LogP contribution in [0.5, 0.6) is 0 Å². The predicted molar refractivity (Wildman–Crippen MR) is 100 cm³/mol. The summed E-state index contributed by atoms with van der Waals surface area (Å²) in [6.45, 7) is 7.82. The van der Waals surface area contributed by atoms with Crippen LogP contribution in [0, 0.1) is 6.92 Å². The summed E-state index contributed by atoms with van der Waals surface area (Å²) in [6.07, 6.45) is 9.71. The van der Waals surface area contributed by atoms with E-state index in [2.05, 4.69) is 43.1 Å². The van der Waals surface area contributed by atoms with Crippen molar-refractivity contribution in [2.75, 3.05) is 13.1 Å². The predicted octanol–water partition coefficient (Wildman–Crippen LogP) is 3.32. The molecule has 0 saturated carbocycles. The van der Waals surface area contributed by atoms with Crippen molar-refractivity contribution < 1.29 is 0 Å². The second-order valence-electron chi connectivity index (χ2n) is 6.44. The maximum Gasteiger partial charge on any atom is 0.159 e. The van der Waals surface area contributed by atoms with E-state index in [9.17, 15) is 0 Å². The summed E-state index contributed by atoms with van der Waals surface area (Å²) in [4.78, 5) is 12.7. The van der Waals surface area contributed by atoms with E-state index in [1.54, 1.807) is 6.08 Å². The number of hydrogen-bond donors (Lipinski definition) is 3. The van der Waals surface area contributed by atoms with Crippen LogP contribution in [0.1, 0.15) is 35.8 Å². The Hall–Kier alpha value is -2.73. The van der Waals surface area contributed by atoms with Gasteiger partial charge in [0.1, 0.15) is 5.69 Å². The van der Waals surface area contributed by atoms with Gasteiger partial charge in [-0.05, 0) is 45.0 Å². The highest BCUT2D eigenvalue weighted by Gasteiger charge is 2.19. The van der Waals surface area contributed by atoms with Crippen LogP contribution in [-0.4, -0.2) is 38.2 Å². The first-order valence-corrected chi connectivity index (χ1v) is 8.67. The second-order valence-corrected chi connectivity index (χ2v) is 6.44. The molecule has 0 unspecified atom stereocenters. The van der Waals surface area contributed by atoms with E-state index in [0.29, 0.717) is 5.92 Å². The zero-order valence-corrected chi connectivity index (χ0v) is 14.3. The average Bonchev–Trinajstić information content (AvgIpc) is 3.23. The van der Waals surface area contributed by atoms with E-state index in [1.807, 2.05) is 25.3 Å². The number of aromatic nitrogens is 5. The van der Waals surface area contributed by atoms with Gasteiger partial charge in [-0.2, -0.15) is 5.10 Å². The highest BCUT2D eigenvalue weighted by molar-refractivity contribution is 5.91. The lowest BCUT2D eigenvalue weighted by Crippen LogP contribution is -2.27. The molecule has 1 saturated heterocycles. The van der Waals surface area contributed by atoms with Gasteiger partial charge in [0, 0.05) is 22.7 Å². The second kappa shape index (κ2) is 6.64. The molecule has 0 radical (unpaired) electrons. The summed E-state index contributed by atoms with van der Waals surface area (Å²) in [5.74, 6) is 1.28. The maximum absolute atomic E-state index is 4.68. The Bertz CT molecular complexity index is 927. The Morgan fingerprint density at radius 2 is 2.12 bits per heavy atom. The summed E-state index contributed by atoms with van der Waals surface area (Å²) >= 11 is 0. The highest BCUT2D eigenvalue weighted by Crippen LogP contribution is 2.30. The lowest BCUT2D eigenvalue weighted by molar-refractivity contribution is 0.453. The number of fused-ring (bicyclic) bond motifs is 1. The number of aromatic amines is 2. The number of nitrogens with one attached hydrogen (secondary N) is 3. The van der Waals surface area contributed by atoms with Gasteiger partial charge in [0.05, 0.1) is 17.4 Å². The van der Waals surface area contributed by atoms with Crippen molar-refractivity contribution in [2.24, 2.45) is 0 Å². The van der Waals surface area contributed by atoms with Crippen LogP contribution in [0.4, 0.5) is 0 Å². The third-order valence-electron chi connectivity index (χ3n) is 4.76. The molecule has 0 atom stereocenters. The summed E-state index contributed by atoms with van der Waals surface area (Å²) in [5, 5.41) is 12.0. The topological polar surface area (TPSA) is 82.3 Å². The number of pyridine rings is 1. The number of imidazole rings is 1. The summed E-state index contributed by atoms with van der Waals surface area (Å²) in [5.41, 5.74) is 4.83. The van der Waals surface area contributed by atoms with E-state index < -0.39 is 0 Å². The third kappa shape index (κ3) is 3.00. The van der Waals surface area contributed by atoms with Gasteiger partial charge in [0.25, 0.3) is 0 Å². The molecule has 25 heavy (non-hydrogen) atoms. The lowest BCUT2D eigenvalue weighted by atomic mass is 9.93. The van der Waals surface area contributed by atoms with Crippen molar-refractivity contribution in [3.63, 3.8) is 0 Å². The fourth-order valence-corrected chi connectivity index (χ4v) is 3.36. The first-order valence-electron chi connectivity index (χ1n) is 8.67. The molecular weight excluding hydrogens is 312 g/mol. The molecular formula is C19H22N6. The molecule has 1 aliphatic heterocycles. The van der Waals surface area contributed by atoms with Crippen molar-refractivity contribution in [1.29, 1.82) is 0 Å². The average molecular weight is 334 g/mol. The Kier molecular flexibility index (Phi) is 4.19. The van der Waals surface area contributed by atoms with Gasteiger partial charge < -0.3 is 10.3 Å². The molecule has 3 N–H and O–H groups in total. The monoisotopic (exact) mass is 334 g/mol.